The number of nitrogens with zero attached hydrogens (tertiary/aromatic N) is 3. The fraction of sp³-hybridized carbons (Fsp3) is 0.636. The van der Waals surface area contributed by atoms with Crippen LogP contribution in [0.2, 0.25) is 0 Å². The predicted molar refractivity (Wildman–Crippen MR) is 85.7 cm³/mol. The summed E-state index contributed by atoms with van der Waals surface area (Å²) in [6.45, 7) is 0.230. The van der Waals surface area contributed by atoms with E-state index in [2.05, 4.69) is 9.97 Å². The quantitative estimate of drug-likeness (QED) is 0.262. The number of nitrogens with one attached hydrogen (secondary N) is 1. The van der Waals surface area contributed by atoms with E-state index in [0.29, 0.717) is 5.69 Å². The van der Waals surface area contributed by atoms with Gasteiger partial charge in [0.1, 0.15) is 28.1 Å². The number of halogens is 1. The van der Waals surface area contributed by atoms with Crippen LogP contribution in [0.1, 0.15) is 0 Å². The molecule has 2 aliphatic rings. The second kappa shape index (κ2) is 5.49. The fourth-order valence-electron chi connectivity index (χ4n) is 2.75. The van der Waals surface area contributed by atoms with Crippen molar-refractivity contribution in [3.8, 4) is 0 Å². The Balaban J connectivity index is 1.97. The molecule has 10 nitrogen and oxygen atoms in total. The highest BCUT2D eigenvalue weighted by Crippen LogP contribution is 2.36. The number of nitrogen functional groups attached to an aromatic ring is 1. The molecule has 122 valence electrons. The number of anilines is 3. The van der Waals surface area contributed by atoms with Gasteiger partial charge in [-0.3, -0.25) is 9.78 Å². The number of aromatic nitrogens is 2. The van der Waals surface area contributed by atoms with E-state index in [1.807, 2.05) is 0 Å². The van der Waals surface area contributed by atoms with Crippen LogP contribution < -0.4 is 21.1 Å². The number of hydrogen-bond donors (Lipinski definition) is 5. The highest BCUT2D eigenvalue weighted by molar-refractivity contribution is 14.1. The number of aliphatic hydroxyl groups is 3. The first-order valence-corrected chi connectivity index (χ1v) is 7.77. The average molecular weight is 425 g/mol. The number of H-pyrrole nitrogens is 1. The van der Waals surface area contributed by atoms with Gasteiger partial charge in [-0.1, -0.05) is 0 Å². The Morgan fingerprint density at radius 3 is 2.77 bits per heavy atom. The molecule has 0 saturated carbocycles. The molecule has 0 amide bonds. The molecule has 3 rings (SSSR count). The Morgan fingerprint density at radius 2 is 2.18 bits per heavy atom. The lowest BCUT2D eigenvalue weighted by Gasteiger charge is -2.27. The summed E-state index contributed by atoms with van der Waals surface area (Å²) in [7, 11) is 1.69. The van der Waals surface area contributed by atoms with Crippen molar-refractivity contribution in [2.45, 2.75) is 28.7 Å². The highest BCUT2D eigenvalue weighted by atomic mass is 127. The zero-order valence-electron chi connectivity index (χ0n) is 11.5. The lowest BCUT2D eigenvalue weighted by Crippen LogP contribution is -2.45. The monoisotopic (exact) mass is 425 g/mol. The first-order chi connectivity index (χ1) is 10.3. The molecule has 22 heavy (non-hydrogen) atoms. The van der Waals surface area contributed by atoms with Crippen molar-refractivity contribution in [2.75, 3.05) is 29.2 Å². The van der Waals surface area contributed by atoms with Gasteiger partial charge in [0.2, 0.25) is 5.95 Å². The minimum absolute atomic E-state index is 0.0532. The number of aliphatic hydroxyl groups excluding tert-OH is 3. The second-order valence-electron chi connectivity index (χ2n) is 5.28. The Labute approximate surface area is 138 Å². The van der Waals surface area contributed by atoms with Crippen molar-refractivity contribution in [1.82, 2.24) is 9.97 Å². The number of fused-ring (bicyclic) bond motifs is 1. The summed E-state index contributed by atoms with van der Waals surface area (Å²) in [5, 5.41) is 29.8. The molecule has 0 aromatic carbocycles. The van der Waals surface area contributed by atoms with E-state index < -0.39 is 34.2 Å². The maximum atomic E-state index is 12.0. The van der Waals surface area contributed by atoms with E-state index in [1.54, 1.807) is 34.5 Å². The molecule has 1 aromatic rings. The van der Waals surface area contributed by atoms with Gasteiger partial charge < -0.3 is 35.6 Å². The maximum Gasteiger partial charge on any atom is 0.278 e. The standard InChI is InChI=1S/C11H16IN5O5/c1-16-2-17(8-3(16)9(21)15-11(13)14-8)10-5(19)4(18)6(22-10)7(12)20/h4-7,10,18-20H,2H2,1H3,(H3,13,14,15,21)/t4-,5+,6-,7?,10+/m0/s1. The molecule has 2 aliphatic heterocycles. The lowest BCUT2D eigenvalue weighted by atomic mass is 10.1. The Morgan fingerprint density at radius 1 is 1.50 bits per heavy atom. The summed E-state index contributed by atoms with van der Waals surface area (Å²) < 4.78 is 4.58. The van der Waals surface area contributed by atoms with Crippen molar-refractivity contribution in [3.63, 3.8) is 0 Å². The third kappa shape index (κ3) is 2.32. The van der Waals surface area contributed by atoms with Crippen molar-refractivity contribution >= 4 is 40.0 Å². The maximum absolute atomic E-state index is 12.0. The SMILES string of the molecule is CN1CN([C@@H]2O[C@H](C(O)I)[C@@H](O)[C@H]2O)c2nc(N)[nH]c(=O)c21. The van der Waals surface area contributed by atoms with E-state index in [-0.39, 0.29) is 18.4 Å². The van der Waals surface area contributed by atoms with E-state index in [9.17, 15) is 20.1 Å². The molecule has 3 heterocycles. The molecule has 0 bridgehead atoms. The van der Waals surface area contributed by atoms with Crippen molar-refractivity contribution in [3.05, 3.63) is 10.4 Å². The lowest BCUT2D eigenvalue weighted by molar-refractivity contribution is -0.0288. The van der Waals surface area contributed by atoms with Crippen LogP contribution in [0.4, 0.5) is 17.5 Å². The van der Waals surface area contributed by atoms with Gasteiger partial charge in [-0.2, -0.15) is 4.98 Å². The number of rotatable bonds is 2. The van der Waals surface area contributed by atoms with Crippen LogP contribution >= 0.6 is 22.6 Å². The molecule has 1 aromatic heterocycles. The van der Waals surface area contributed by atoms with E-state index in [4.69, 9.17) is 10.5 Å². The second-order valence-corrected chi connectivity index (χ2v) is 6.55. The van der Waals surface area contributed by atoms with Crippen molar-refractivity contribution < 1.29 is 20.1 Å². The third-order valence-electron chi connectivity index (χ3n) is 3.77. The smallest absolute Gasteiger partial charge is 0.278 e. The minimum Gasteiger partial charge on any atom is -0.387 e. The molecule has 0 aliphatic carbocycles. The summed E-state index contributed by atoms with van der Waals surface area (Å²) in [5.41, 5.74) is 5.48. The Kier molecular flexibility index (Phi) is 3.92. The molecular formula is C11H16IN5O5. The summed E-state index contributed by atoms with van der Waals surface area (Å²) in [6.07, 6.45) is -4.38. The number of ether oxygens (including phenoxy) is 1. The van der Waals surface area contributed by atoms with Crippen LogP contribution in [-0.2, 0) is 4.74 Å². The van der Waals surface area contributed by atoms with Gasteiger partial charge in [-0.25, -0.2) is 0 Å². The van der Waals surface area contributed by atoms with Gasteiger partial charge in [-0.05, 0) is 22.6 Å². The molecule has 11 heteroatoms. The molecule has 0 spiro atoms. The number of hydrogen-bond acceptors (Lipinski definition) is 9. The van der Waals surface area contributed by atoms with Crippen LogP contribution in [0.15, 0.2) is 4.79 Å². The highest BCUT2D eigenvalue weighted by Gasteiger charge is 2.50. The predicted octanol–water partition coefficient (Wildman–Crippen LogP) is -2.23. The topological polar surface area (TPSA) is 148 Å². The zero-order valence-corrected chi connectivity index (χ0v) is 13.7. The van der Waals surface area contributed by atoms with Crippen LogP contribution in [0, 0.1) is 0 Å². The Hall–Kier alpha value is -1.15. The molecule has 1 fully saturated rings. The summed E-state index contributed by atoms with van der Waals surface area (Å²) >= 11 is 1.70. The average Bonchev–Trinajstić information content (AvgIpc) is 2.89. The molecule has 1 unspecified atom stereocenters. The minimum atomic E-state index is -1.25. The van der Waals surface area contributed by atoms with Gasteiger partial charge in [0, 0.05) is 7.05 Å². The molecule has 6 N–H and O–H groups in total. The van der Waals surface area contributed by atoms with E-state index in [1.165, 1.54) is 4.90 Å². The molecular weight excluding hydrogens is 409 g/mol. The summed E-state index contributed by atoms with van der Waals surface area (Å²) in [5.74, 6) is 0.214. The zero-order chi connectivity index (χ0) is 16.2. The number of alkyl halides is 1. The van der Waals surface area contributed by atoms with Crippen LogP contribution in [-0.4, -0.2) is 67.7 Å². The number of aromatic amines is 1. The molecule has 1 saturated heterocycles. The van der Waals surface area contributed by atoms with Gasteiger partial charge in [0.05, 0.1) is 6.67 Å². The first kappa shape index (κ1) is 15.7. The largest absolute Gasteiger partial charge is 0.387 e. The van der Waals surface area contributed by atoms with Crippen molar-refractivity contribution in [2.24, 2.45) is 0 Å². The van der Waals surface area contributed by atoms with Crippen LogP contribution in [0.5, 0.6) is 0 Å². The molecule has 0 radical (unpaired) electrons. The van der Waals surface area contributed by atoms with Gasteiger partial charge in [-0.15, -0.1) is 0 Å². The normalized spacial score (nSPS) is 32.4. The summed E-state index contributed by atoms with van der Waals surface area (Å²) in [6, 6.07) is 0. The van der Waals surface area contributed by atoms with E-state index in [0.717, 1.165) is 0 Å². The van der Waals surface area contributed by atoms with Crippen LogP contribution in [0.3, 0.4) is 0 Å². The third-order valence-corrected chi connectivity index (χ3v) is 4.48. The van der Waals surface area contributed by atoms with Crippen LogP contribution in [0.25, 0.3) is 0 Å². The van der Waals surface area contributed by atoms with Gasteiger partial charge >= 0.3 is 0 Å². The number of nitrogens with two attached hydrogens (primary N) is 1. The fourth-order valence-corrected chi connectivity index (χ4v) is 3.35. The van der Waals surface area contributed by atoms with Gasteiger partial charge in [0.15, 0.2) is 12.0 Å². The first-order valence-electron chi connectivity index (χ1n) is 6.52. The van der Waals surface area contributed by atoms with Gasteiger partial charge in [0.25, 0.3) is 5.56 Å². The van der Waals surface area contributed by atoms with Crippen molar-refractivity contribution in [1.29, 1.82) is 0 Å². The Bertz CT molecular complexity index is 640. The molecule has 5 atom stereocenters. The summed E-state index contributed by atoms with van der Waals surface area (Å²) in [4.78, 5) is 21.7. The van der Waals surface area contributed by atoms with E-state index >= 15 is 0 Å².